The van der Waals surface area contributed by atoms with Crippen LogP contribution in [0.4, 0.5) is 0 Å². The Balaban J connectivity index is 1.40. The summed E-state index contributed by atoms with van der Waals surface area (Å²) in [6, 6.07) is 9.53. The fourth-order valence-corrected chi connectivity index (χ4v) is 6.84. The summed E-state index contributed by atoms with van der Waals surface area (Å²) < 4.78 is 33.1. The molecular formula is C20H24N2O4S2. The van der Waals surface area contributed by atoms with E-state index in [0.717, 1.165) is 21.1 Å². The number of benzene rings is 1. The molecule has 0 aliphatic carbocycles. The van der Waals surface area contributed by atoms with Crippen LogP contribution < -0.4 is 4.74 Å². The van der Waals surface area contributed by atoms with Crippen LogP contribution in [0, 0.1) is 19.8 Å². The maximum Gasteiger partial charge on any atom is 0.244 e. The van der Waals surface area contributed by atoms with Gasteiger partial charge in [0.1, 0.15) is 12.4 Å². The van der Waals surface area contributed by atoms with E-state index in [-0.39, 0.29) is 11.8 Å². The van der Waals surface area contributed by atoms with Crippen LogP contribution in [0.15, 0.2) is 35.2 Å². The van der Waals surface area contributed by atoms with Crippen LogP contribution in [-0.4, -0.2) is 56.3 Å². The van der Waals surface area contributed by atoms with Crippen molar-refractivity contribution in [3.63, 3.8) is 0 Å². The van der Waals surface area contributed by atoms with Gasteiger partial charge in [0.25, 0.3) is 0 Å². The SMILES string of the molecule is Cc1cc(S(=O)(=O)N2CCN(C(=O)C3COc4ccccc4C3)CC2)c(C)s1. The standard InChI is InChI=1S/C20H24N2O4S2/c1-14-11-19(15(2)27-14)28(24,25)22-9-7-21(8-10-22)20(23)17-12-16-5-3-4-6-18(16)26-13-17/h3-6,11,17H,7-10,12-13H2,1-2H3. The second-order valence-corrected chi connectivity index (χ2v) is 10.7. The third-order valence-electron chi connectivity index (χ3n) is 5.39. The van der Waals surface area contributed by atoms with Gasteiger partial charge in [-0.3, -0.25) is 4.79 Å². The maximum atomic E-state index is 12.9. The molecule has 0 saturated carbocycles. The normalized spacial score (nSPS) is 20.5. The first-order chi connectivity index (χ1) is 13.4. The number of hydrogen-bond acceptors (Lipinski definition) is 5. The van der Waals surface area contributed by atoms with Gasteiger partial charge < -0.3 is 9.64 Å². The van der Waals surface area contributed by atoms with E-state index in [2.05, 4.69) is 0 Å². The third-order valence-corrected chi connectivity index (χ3v) is 8.51. The fourth-order valence-electron chi connectivity index (χ4n) is 3.90. The Morgan fingerprint density at radius 2 is 1.86 bits per heavy atom. The fraction of sp³-hybridized carbons (Fsp3) is 0.450. The molecule has 1 unspecified atom stereocenters. The van der Waals surface area contributed by atoms with Crippen molar-refractivity contribution in [1.82, 2.24) is 9.21 Å². The molecule has 3 heterocycles. The molecule has 1 aromatic carbocycles. The molecule has 0 radical (unpaired) electrons. The average molecular weight is 421 g/mol. The van der Waals surface area contributed by atoms with E-state index in [1.165, 1.54) is 15.6 Å². The highest BCUT2D eigenvalue weighted by atomic mass is 32.2. The van der Waals surface area contributed by atoms with Gasteiger partial charge in [-0.2, -0.15) is 4.31 Å². The minimum Gasteiger partial charge on any atom is -0.492 e. The van der Waals surface area contributed by atoms with Gasteiger partial charge in [-0.25, -0.2) is 8.42 Å². The van der Waals surface area contributed by atoms with Crippen LogP contribution in [0.2, 0.25) is 0 Å². The molecule has 6 nitrogen and oxygen atoms in total. The Labute approximate surface area is 169 Å². The number of carbonyl (C=O) groups excluding carboxylic acids is 1. The van der Waals surface area contributed by atoms with Crippen LogP contribution in [0.5, 0.6) is 5.75 Å². The maximum absolute atomic E-state index is 12.9. The van der Waals surface area contributed by atoms with Gasteiger partial charge in [0.2, 0.25) is 15.9 Å². The van der Waals surface area contributed by atoms with E-state index >= 15 is 0 Å². The molecule has 0 spiro atoms. The Morgan fingerprint density at radius 3 is 2.54 bits per heavy atom. The number of ether oxygens (including phenoxy) is 1. The molecule has 1 saturated heterocycles. The number of hydrogen-bond donors (Lipinski definition) is 0. The highest BCUT2D eigenvalue weighted by Gasteiger charge is 2.35. The molecule has 4 rings (SSSR count). The van der Waals surface area contributed by atoms with Crippen LogP contribution >= 0.6 is 11.3 Å². The molecule has 28 heavy (non-hydrogen) atoms. The third kappa shape index (κ3) is 3.56. The van der Waals surface area contributed by atoms with E-state index in [1.54, 1.807) is 11.0 Å². The molecule has 8 heteroatoms. The Bertz CT molecular complexity index is 991. The van der Waals surface area contributed by atoms with Crippen molar-refractivity contribution < 1.29 is 17.9 Å². The van der Waals surface area contributed by atoms with E-state index in [1.807, 2.05) is 38.1 Å². The number of piperazine rings is 1. The molecule has 1 atom stereocenters. The molecule has 2 aliphatic rings. The van der Waals surface area contributed by atoms with Crippen molar-refractivity contribution in [1.29, 1.82) is 0 Å². The molecule has 150 valence electrons. The highest BCUT2D eigenvalue weighted by Crippen LogP contribution is 2.30. The van der Waals surface area contributed by atoms with E-state index < -0.39 is 10.0 Å². The van der Waals surface area contributed by atoms with Gasteiger partial charge in [0.15, 0.2) is 0 Å². The highest BCUT2D eigenvalue weighted by molar-refractivity contribution is 7.89. The van der Waals surface area contributed by atoms with Gasteiger partial charge in [-0.05, 0) is 38.0 Å². The number of nitrogens with zero attached hydrogens (tertiary/aromatic N) is 2. The zero-order chi connectivity index (χ0) is 19.9. The number of amides is 1. The number of rotatable bonds is 3. The molecular weight excluding hydrogens is 396 g/mol. The van der Waals surface area contributed by atoms with Crippen LogP contribution in [-0.2, 0) is 21.2 Å². The number of aryl methyl sites for hydroxylation is 2. The Hall–Kier alpha value is -1.90. The molecule has 0 N–H and O–H groups in total. The van der Waals surface area contributed by atoms with E-state index in [9.17, 15) is 13.2 Å². The Morgan fingerprint density at radius 1 is 1.14 bits per heavy atom. The van der Waals surface area contributed by atoms with Gasteiger partial charge in [-0.1, -0.05) is 18.2 Å². The summed E-state index contributed by atoms with van der Waals surface area (Å²) in [6.45, 7) is 5.61. The van der Waals surface area contributed by atoms with E-state index in [4.69, 9.17) is 4.74 Å². The average Bonchev–Trinajstić information content (AvgIpc) is 3.06. The van der Waals surface area contributed by atoms with Crippen molar-refractivity contribution in [2.75, 3.05) is 32.8 Å². The van der Waals surface area contributed by atoms with Crippen molar-refractivity contribution in [2.45, 2.75) is 25.2 Å². The van der Waals surface area contributed by atoms with Crippen molar-refractivity contribution in [3.05, 3.63) is 45.6 Å². The van der Waals surface area contributed by atoms with Gasteiger partial charge >= 0.3 is 0 Å². The van der Waals surface area contributed by atoms with Crippen molar-refractivity contribution >= 4 is 27.3 Å². The topological polar surface area (TPSA) is 66.9 Å². The number of para-hydroxylation sites is 1. The monoisotopic (exact) mass is 420 g/mol. The summed E-state index contributed by atoms with van der Waals surface area (Å²) in [4.78, 5) is 16.9. The smallest absolute Gasteiger partial charge is 0.244 e. The zero-order valence-corrected chi connectivity index (χ0v) is 17.7. The van der Waals surface area contributed by atoms with Crippen LogP contribution in [0.1, 0.15) is 15.3 Å². The lowest BCUT2D eigenvalue weighted by Gasteiger charge is -2.36. The predicted octanol–water partition coefficient (Wildman–Crippen LogP) is 2.45. The summed E-state index contributed by atoms with van der Waals surface area (Å²) in [6.07, 6.45) is 0.668. The molecule has 2 aliphatic heterocycles. The molecule has 1 fully saturated rings. The van der Waals surface area contributed by atoms with Crippen LogP contribution in [0.25, 0.3) is 0 Å². The summed E-state index contributed by atoms with van der Waals surface area (Å²) in [5.41, 5.74) is 1.05. The number of fused-ring (bicyclic) bond motifs is 1. The first kappa shape index (κ1) is 19.4. The van der Waals surface area contributed by atoms with E-state index in [0.29, 0.717) is 44.1 Å². The number of sulfonamides is 1. The van der Waals surface area contributed by atoms with Crippen LogP contribution in [0.3, 0.4) is 0 Å². The van der Waals surface area contributed by atoms with Gasteiger partial charge in [-0.15, -0.1) is 11.3 Å². The molecule has 1 aromatic heterocycles. The van der Waals surface area contributed by atoms with Crippen molar-refractivity contribution in [2.24, 2.45) is 5.92 Å². The second-order valence-electron chi connectivity index (χ2n) is 7.33. The first-order valence-corrected chi connectivity index (χ1v) is 11.7. The lowest BCUT2D eigenvalue weighted by molar-refractivity contribution is -0.138. The number of carbonyl (C=O) groups is 1. The van der Waals surface area contributed by atoms with Crippen molar-refractivity contribution in [3.8, 4) is 5.75 Å². The first-order valence-electron chi connectivity index (χ1n) is 9.43. The number of thiophene rings is 1. The van der Waals surface area contributed by atoms with Gasteiger partial charge in [0, 0.05) is 35.9 Å². The summed E-state index contributed by atoms with van der Waals surface area (Å²) in [5.74, 6) is 0.692. The van der Waals surface area contributed by atoms with Gasteiger partial charge in [0.05, 0.1) is 10.8 Å². The summed E-state index contributed by atoms with van der Waals surface area (Å²) in [7, 11) is -3.50. The lowest BCUT2D eigenvalue weighted by atomic mass is 9.95. The quantitative estimate of drug-likeness (QED) is 0.765. The summed E-state index contributed by atoms with van der Waals surface area (Å²) in [5, 5.41) is 0. The molecule has 2 aromatic rings. The largest absolute Gasteiger partial charge is 0.492 e. The summed E-state index contributed by atoms with van der Waals surface area (Å²) >= 11 is 1.49. The second kappa shape index (κ2) is 7.50. The predicted molar refractivity (Wildman–Crippen MR) is 108 cm³/mol. The minimum absolute atomic E-state index is 0.0501. The minimum atomic E-state index is -3.50. The zero-order valence-electron chi connectivity index (χ0n) is 16.1. The Kier molecular flexibility index (Phi) is 5.20. The lowest BCUT2D eigenvalue weighted by Crippen LogP contribution is -2.52. The molecule has 1 amide bonds. The molecule has 0 bridgehead atoms.